The van der Waals surface area contributed by atoms with Crippen LogP contribution in [0.15, 0.2) is 4.91 Å². The van der Waals surface area contributed by atoms with Gasteiger partial charge in [-0.25, -0.2) is 0 Å². The largest absolute Gasteiger partial charge is 0.338 e. The number of thioether (sulfide) groups is 1. The highest BCUT2D eigenvalue weighted by molar-refractivity contribution is 8.03. The van der Waals surface area contributed by atoms with Crippen molar-refractivity contribution in [2.24, 2.45) is 0 Å². The minimum atomic E-state index is 0.286. The molecule has 1 aliphatic carbocycles. The maximum Gasteiger partial charge on any atom is 0.260 e. The van der Waals surface area contributed by atoms with E-state index in [-0.39, 0.29) is 5.91 Å². The predicted octanol–water partition coefficient (Wildman–Crippen LogP) is 4.69. The van der Waals surface area contributed by atoms with Crippen molar-refractivity contribution in [1.29, 1.82) is 0 Å². The van der Waals surface area contributed by atoms with Crippen molar-refractivity contribution in [2.75, 3.05) is 26.2 Å². The summed E-state index contributed by atoms with van der Waals surface area (Å²) in [7, 11) is 0. The monoisotopic (exact) mass is 402 g/mol. The van der Waals surface area contributed by atoms with Gasteiger partial charge in [-0.05, 0) is 81.7 Å². The average Bonchev–Trinajstić information content (AvgIpc) is 3.12. The van der Waals surface area contributed by atoms with Gasteiger partial charge in [0.25, 0.3) is 5.91 Å². The van der Waals surface area contributed by atoms with Crippen LogP contribution in [0, 0.1) is 0 Å². The van der Waals surface area contributed by atoms with Gasteiger partial charge in [0.2, 0.25) is 0 Å². The molecule has 3 nitrogen and oxygen atoms in total. The Bertz CT molecular complexity index is 740. The number of carbonyl (C=O) groups is 1. The first-order valence-electron chi connectivity index (χ1n) is 10.8. The molecule has 1 amide bonds. The predicted molar refractivity (Wildman–Crippen MR) is 115 cm³/mol. The van der Waals surface area contributed by atoms with Gasteiger partial charge in [-0.2, -0.15) is 0 Å². The first kappa shape index (κ1) is 18.3. The minimum absolute atomic E-state index is 0.286. The van der Waals surface area contributed by atoms with Crippen molar-refractivity contribution < 1.29 is 4.79 Å². The number of hydrogen-bond acceptors (Lipinski definition) is 4. The molecule has 0 aromatic carbocycles. The lowest BCUT2D eigenvalue weighted by atomic mass is 9.95. The smallest absolute Gasteiger partial charge is 0.260 e. The summed E-state index contributed by atoms with van der Waals surface area (Å²) in [5.41, 5.74) is 3.17. The van der Waals surface area contributed by atoms with E-state index in [2.05, 4.69) is 15.9 Å². The Kier molecular flexibility index (Phi) is 5.36. The lowest BCUT2D eigenvalue weighted by Crippen LogP contribution is -2.48. The molecule has 0 atom stereocenters. The molecule has 4 heterocycles. The maximum absolute atomic E-state index is 13.1. The van der Waals surface area contributed by atoms with Crippen molar-refractivity contribution in [3.63, 3.8) is 0 Å². The fraction of sp³-hybridized carbons (Fsp3) is 0.682. The molecular weight excluding hydrogens is 372 g/mol. The molecule has 5 heteroatoms. The standard InChI is InChI=1S/C22H30N2OS2/c25-22(24-12-8-16(9-13-24)23-10-4-1-5-11-23)21-14-20-18(15-26-21)17-6-2-3-7-19(17)27-20/h14,16H,1-13,15H2. The molecule has 4 aliphatic rings. The van der Waals surface area contributed by atoms with Crippen LogP contribution in [-0.4, -0.2) is 47.9 Å². The van der Waals surface area contributed by atoms with Crippen molar-refractivity contribution in [2.45, 2.75) is 69.6 Å². The summed E-state index contributed by atoms with van der Waals surface area (Å²) in [6, 6.07) is 0.706. The van der Waals surface area contributed by atoms with Crippen LogP contribution in [-0.2, 0) is 23.4 Å². The van der Waals surface area contributed by atoms with Crippen LogP contribution in [0.5, 0.6) is 0 Å². The highest BCUT2D eigenvalue weighted by Gasteiger charge is 2.31. The van der Waals surface area contributed by atoms with Crippen molar-refractivity contribution in [3.8, 4) is 0 Å². The molecule has 0 saturated carbocycles. The normalized spacial score (nSPS) is 24.3. The number of piperidine rings is 2. The number of fused-ring (bicyclic) bond motifs is 3. The summed E-state index contributed by atoms with van der Waals surface area (Å²) in [5.74, 6) is 1.29. The second kappa shape index (κ2) is 7.92. The third kappa shape index (κ3) is 3.63. The zero-order valence-corrected chi connectivity index (χ0v) is 17.8. The average molecular weight is 403 g/mol. The second-order valence-corrected chi connectivity index (χ2v) is 10.6. The molecule has 2 fully saturated rings. The van der Waals surface area contributed by atoms with Crippen molar-refractivity contribution in [1.82, 2.24) is 9.80 Å². The molecular formula is C22H30N2OS2. The summed E-state index contributed by atoms with van der Waals surface area (Å²) in [6.07, 6.45) is 13.8. The van der Waals surface area contributed by atoms with E-state index in [0.717, 1.165) is 36.6 Å². The number of likely N-dealkylation sites (tertiary alicyclic amines) is 2. The first-order valence-corrected chi connectivity index (χ1v) is 12.6. The van der Waals surface area contributed by atoms with Gasteiger partial charge in [0.1, 0.15) is 0 Å². The number of nitrogens with zero attached hydrogens (tertiary/aromatic N) is 2. The fourth-order valence-corrected chi connectivity index (χ4v) is 7.84. The van der Waals surface area contributed by atoms with Gasteiger partial charge in [-0.15, -0.1) is 23.1 Å². The minimum Gasteiger partial charge on any atom is -0.338 e. The molecule has 0 bridgehead atoms. The SMILES string of the molecule is O=C(C1=Cc2sc3c(c2CS1)CCCC3)N1CCC(N2CCCCC2)CC1. The van der Waals surface area contributed by atoms with Gasteiger partial charge >= 0.3 is 0 Å². The van der Waals surface area contributed by atoms with Crippen molar-refractivity contribution in [3.05, 3.63) is 25.8 Å². The van der Waals surface area contributed by atoms with E-state index in [1.807, 2.05) is 11.3 Å². The summed E-state index contributed by atoms with van der Waals surface area (Å²) in [4.78, 5) is 21.9. The molecule has 0 unspecified atom stereocenters. The summed E-state index contributed by atoms with van der Waals surface area (Å²) >= 11 is 3.74. The van der Waals surface area contributed by atoms with E-state index in [1.54, 1.807) is 27.8 Å². The van der Waals surface area contributed by atoms with Gasteiger partial charge in [-0.1, -0.05) is 6.42 Å². The van der Waals surface area contributed by atoms with Crippen LogP contribution in [0.4, 0.5) is 0 Å². The zero-order valence-electron chi connectivity index (χ0n) is 16.2. The van der Waals surface area contributed by atoms with Crippen LogP contribution >= 0.6 is 23.1 Å². The molecule has 0 spiro atoms. The number of hydrogen-bond donors (Lipinski definition) is 0. The van der Waals surface area contributed by atoms with Crippen LogP contribution < -0.4 is 0 Å². The molecule has 1 aromatic heterocycles. The summed E-state index contributed by atoms with van der Waals surface area (Å²) in [5, 5.41) is 0. The Labute approximate surface area is 171 Å². The topological polar surface area (TPSA) is 23.6 Å². The lowest BCUT2D eigenvalue weighted by Gasteiger charge is -2.40. The Morgan fingerprint density at radius 3 is 2.52 bits per heavy atom. The molecule has 2 saturated heterocycles. The lowest BCUT2D eigenvalue weighted by molar-refractivity contribution is -0.127. The molecule has 27 heavy (non-hydrogen) atoms. The number of carbonyl (C=O) groups excluding carboxylic acids is 1. The molecule has 1 aromatic rings. The number of rotatable bonds is 2. The van der Waals surface area contributed by atoms with E-state index >= 15 is 0 Å². The third-order valence-corrected chi connectivity index (χ3v) is 9.13. The zero-order chi connectivity index (χ0) is 18.2. The van der Waals surface area contributed by atoms with E-state index in [9.17, 15) is 4.79 Å². The molecule has 146 valence electrons. The van der Waals surface area contributed by atoms with E-state index in [4.69, 9.17) is 0 Å². The first-order chi connectivity index (χ1) is 13.3. The Hall–Kier alpha value is -0.780. The maximum atomic E-state index is 13.1. The van der Waals surface area contributed by atoms with Crippen molar-refractivity contribution >= 4 is 35.1 Å². The van der Waals surface area contributed by atoms with Crippen LogP contribution in [0.2, 0.25) is 0 Å². The molecule has 0 radical (unpaired) electrons. The van der Waals surface area contributed by atoms with Gasteiger partial charge in [-0.3, -0.25) is 4.79 Å². The number of aryl methyl sites for hydroxylation is 1. The highest BCUT2D eigenvalue weighted by atomic mass is 32.2. The fourth-order valence-electron chi connectivity index (χ4n) is 5.23. The van der Waals surface area contributed by atoms with Gasteiger partial charge in [0.15, 0.2) is 0 Å². The van der Waals surface area contributed by atoms with Gasteiger partial charge in [0, 0.05) is 34.6 Å². The van der Waals surface area contributed by atoms with Crippen LogP contribution in [0.1, 0.15) is 65.8 Å². The van der Waals surface area contributed by atoms with E-state index in [0.29, 0.717) is 6.04 Å². The van der Waals surface area contributed by atoms with E-state index < -0.39 is 0 Å². The van der Waals surface area contributed by atoms with Crippen LogP contribution in [0.3, 0.4) is 0 Å². The Balaban J connectivity index is 1.24. The van der Waals surface area contributed by atoms with E-state index in [1.165, 1.54) is 62.9 Å². The number of thiophene rings is 1. The molecule has 0 N–H and O–H groups in total. The highest BCUT2D eigenvalue weighted by Crippen LogP contribution is 2.43. The quantitative estimate of drug-likeness (QED) is 0.717. The second-order valence-electron chi connectivity index (χ2n) is 8.47. The van der Waals surface area contributed by atoms with Gasteiger partial charge < -0.3 is 9.80 Å². The molecule has 3 aliphatic heterocycles. The Morgan fingerprint density at radius 1 is 0.926 bits per heavy atom. The van der Waals surface area contributed by atoms with Crippen LogP contribution in [0.25, 0.3) is 6.08 Å². The Morgan fingerprint density at radius 2 is 1.70 bits per heavy atom. The summed E-state index contributed by atoms with van der Waals surface area (Å²) < 4.78 is 0. The molecule has 5 rings (SSSR count). The van der Waals surface area contributed by atoms with Gasteiger partial charge in [0.05, 0.1) is 4.91 Å². The third-order valence-electron chi connectivity index (χ3n) is 6.82. The summed E-state index contributed by atoms with van der Waals surface area (Å²) in [6.45, 7) is 4.41. The number of amides is 1.